The van der Waals surface area contributed by atoms with Crippen LogP contribution in [0.1, 0.15) is 38.8 Å². The van der Waals surface area contributed by atoms with Crippen LogP contribution in [0.15, 0.2) is 42.9 Å². The Morgan fingerprint density at radius 3 is 2.90 bits per heavy atom. The van der Waals surface area contributed by atoms with Crippen LogP contribution in [0.4, 0.5) is 4.79 Å². The maximum absolute atomic E-state index is 12.4. The number of nitrogens with one attached hydrogen (secondary N) is 1. The first-order valence-electron chi connectivity index (χ1n) is 10.1. The molecule has 1 N–H and O–H groups in total. The van der Waals surface area contributed by atoms with Crippen LogP contribution in [-0.4, -0.2) is 54.5 Å². The fourth-order valence-electron chi connectivity index (χ4n) is 4.05. The average Bonchev–Trinajstić information content (AvgIpc) is 3.43. The maximum atomic E-state index is 12.4. The number of amides is 1. The number of fused-ring (bicyclic) bond motifs is 2. The summed E-state index contributed by atoms with van der Waals surface area (Å²) in [7, 11) is 0. The molecule has 0 unspecified atom stereocenters. The maximum Gasteiger partial charge on any atom is 0.410 e. The quantitative estimate of drug-likeness (QED) is 0.546. The van der Waals surface area contributed by atoms with Gasteiger partial charge in [-0.2, -0.15) is 14.8 Å². The molecule has 8 heteroatoms. The highest BCUT2D eigenvalue weighted by atomic mass is 16.6. The first kappa shape index (κ1) is 18.6. The lowest BCUT2D eigenvalue weighted by Crippen LogP contribution is -2.35. The van der Waals surface area contributed by atoms with E-state index in [1.165, 1.54) is 0 Å². The van der Waals surface area contributed by atoms with Crippen molar-refractivity contribution in [3.63, 3.8) is 0 Å². The Morgan fingerprint density at radius 2 is 2.07 bits per heavy atom. The van der Waals surface area contributed by atoms with Gasteiger partial charge in [0.25, 0.3) is 0 Å². The van der Waals surface area contributed by atoms with E-state index >= 15 is 0 Å². The van der Waals surface area contributed by atoms with Gasteiger partial charge in [-0.15, -0.1) is 0 Å². The molecule has 0 aromatic carbocycles. The van der Waals surface area contributed by atoms with E-state index in [-0.39, 0.29) is 12.0 Å². The molecule has 0 radical (unpaired) electrons. The third-order valence-electron chi connectivity index (χ3n) is 5.43. The average molecular weight is 404 g/mol. The second kappa shape index (κ2) is 6.83. The fourth-order valence-corrected chi connectivity index (χ4v) is 4.05. The summed E-state index contributed by atoms with van der Waals surface area (Å²) in [6.45, 7) is 6.99. The molecule has 5 rings (SSSR count). The molecule has 8 nitrogen and oxygen atoms in total. The summed E-state index contributed by atoms with van der Waals surface area (Å²) in [5.74, 6) is 0.227. The number of carbonyl (C=O) groups is 1. The van der Waals surface area contributed by atoms with Gasteiger partial charge in [-0.25, -0.2) is 9.78 Å². The van der Waals surface area contributed by atoms with Gasteiger partial charge >= 0.3 is 6.09 Å². The molecule has 1 atom stereocenters. The summed E-state index contributed by atoms with van der Waals surface area (Å²) >= 11 is 0. The zero-order valence-corrected chi connectivity index (χ0v) is 17.3. The van der Waals surface area contributed by atoms with Gasteiger partial charge in [0, 0.05) is 48.0 Å². The molecule has 4 aromatic heterocycles. The molecule has 1 aliphatic rings. The van der Waals surface area contributed by atoms with Gasteiger partial charge < -0.3 is 14.6 Å². The normalized spacial score (nSPS) is 17.2. The monoisotopic (exact) mass is 404 g/mol. The largest absolute Gasteiger partial charge is 0.444 e. The zero-order valence-electron chi connectivity index (χ0n) is 17.3. The Labute approximate surface area is 173 Å². The molecule has 154 valence electrons. The summed E-state index contributed by atoms with van der Waals surface area (Å²) in [6.07, 6.45) is 6.00. The number of hydrogen-bond donors (Lipinski definition) is 1. The molecule has 1 fully saturated rings. The molecule has 1 aliphatic heterocycles. The minimum absolute atomic E-state index is 0.227. The third-order valence-corrected chi connectivity index (χ3v) is 5.43. The fraction of sp³-hybridized carbons (Fsp3) is 0.364. The third kappa shape index (κ3) is 3.28. The van der Waals surface area contributed by atoms with E-state index in [1.807, 2.05) is 45.2 Å². The Hall–Kier alpha value is -3.42. The van der Waals surface area contributed by atoms with E-state index in [1.54, 1.807) is 21.9 Å². The smallest absolute Gasteiger partial charge is 0.410 e. The molecule has 0 bridgehead atoms. The predicted octanol–water partition coefficient (Wildman–Crippen LogP) is 4.00. The topological polar surface area (TPSA) is 88.4 Å². The van der Waals surface area contributed by atoms with Gasteiger partial charge in [0.05, 0.1) is 11.7 Å². The van der Waals surface area contributed by atoms with Crippen LogP contribution in [0.2, 0.25) is 0 Å². The van der Waals surface area contributed by atoms with Crippen LogP contribution < -0.4 is 0 Å². The number of carbonyl (C=O) groups excluding carboxylic acids is 1. The van der Waals surface area contributed by atoms with Gasteiger partial charge in [0.15, 0.2) is 0 Å². The first-order valence-corrected chi connectivity index (χ1v) is 10.1. The molecule has 30 heavy (non-hydrogen) atoms. The van der Waals surface area contributed by atoms with Crippen molar-refractivity contribution >= 4 is 22.6 Å². The number of nitrogens with zero attached hydrogens (tertiary/aromatic N) is 5. The zero-order chi connectivity index (χ0) is 20.9. The van der Waals surface area contributed by atoms with Crippen LogP contribution in [0.3, 0.4) is 0 Å². The van der Waals surface area contributed by atoms with E-state index in [2.05, 4.69) is 26.2 Å². The molecule has 1 saturated heterocycles. The molecular weight excluding hydrogens is 380 g/mol. The lowest BCUT2D eigenvalue weighted by atomic mass is 10.0. The van der Waals surface area contributed by atoms with Crippen LogP contribution >= 0.6 is 0 Å². The number of pyridine rings is 1. The van der Waals surface area contributed by atoms with Gasteiger partial charge in [-0.05, 0) is 57.0 Å². The summed E-state index contributed by atoms with van der Waals surface area (Å²) in [4.78, 5) is 22.2. The SMILES string of the molecule is CC(C)(C)OC(=O)N1CC[C@@H](c2cc3c(-c4cnn5ncccc45)ccnc3[nH]2)C1. The predicted molar refractivity (Wildman–Crippen MR) is 113 cm³/mol. The Morgan fingerprint density at radius 1 is 1.20 bits per heavy atom. The van der Waals surface area contributed by atoms with Gasteiger partial charge in [-0.3, -0.25) is 0 Å². The van der Waals surface area contributed by atoms with Crippen molar-refractivity contribution in [3.8, 4) is 11.1 Å². The summed E-state index contributed by atoms with van der Waals surface area (Å²) in [6, 6.07) is 8.07. The second-order valence-corrected chi connectivity index (χ2v) is 8.71. The lowest BCUT2D eigenvalue weighted by molar-refractivity contribution is 0.0292. The van der Waals surface area contributed by atoms with Crippen LogP contribution in [0.5, 0.6) is 0 Å². The van der Waals surface area contributed by atoms with Crippen LogP contribution in [-0.2, 0) is 4.74 Å². The summed E-state index contributed by atoms with van der Waals surface area (Å²) in [5, 5.41) is 9.66. The number of hydrogen-bond acceptors (Lipinski definition) is 5. The van der Waals surface area contributed by atoms with E-state index < -0.39 is 5.60 Å². The minimum Gasteiger partial charge on any atom is -0.444 e. The van der Waals surface area contributed by atoms with Crippen molar-refractivity contribution in [2.45, 2.75) is 38.7 Å². The van der Waals surface area contributed by atoms with Crippen molar-refractivity contribution in [3.05, 3.63) is 48.5 Å². The van der Waals surface area contributed by atoms with Gasteiger partial charge in [0.2, 0.25) is 0 Å². The van der Waals surface area contributed by atoms with E-state index in [9.17, 15) is 4.79 Å². The van der Waals surface area contributed by atoms with Crippen molar-refractivity contribution in [1.29, 1.82) is 0 Å². The van der Waals surface area contributed by atoms with Crippen molar-refractivity contribution < 1.29 is 9.53 Å². The molecular formula is C22H24N6O2. The number of likely N-dealkylation sites (tertiary alicyclic amines) is 1. The highest BCUT2D eigenvalue weighted by molar-refractivity contribution is 5.97. The van der Waals surface area contributed by atoms with E-state index in [4.69, 9.17) is 4.74 Å². The summed E-state index contributed by atoms with van der Waals surface area (Å²) < 4.78 is 7.15. The molecule has 0 saturated carbocycles. The molecule has 0 aliphatic carbocycles. The van der Waals surface area contributed by atoms with Crippen molar-refractivity contribution in [2.75, 3.05) is 13.1 Å². The standard InChI is InChI=1S/C22H24N6O2/c1-22(2,3)30-21(29)27-10-7-14(13-27)18-11-16-15(6-9-23-20(16)26-18)17-12-25-28-19(17)5-4-8-24-28/h4-6,8-9,11-12,14H,7,10,13H2,1-3H3,(H,23,26)/t14-/m1/s1. The first-order chi connectivity index (χ1) is 14.4. The molecule has 1 amide bonds. The molecule has 0 spiro atoms. The second-order valence-electron chi connectivity index (χ2n) is 8.71. The lowest BCUT2D eigenvalue weighted by Gasteiger charge is -2.24. The molecule has 4 aromatic rings. The Kier molecular flexibility index (Phi) is 4.23. The molecule has 5 heterocycles. The van der Waals surface area contributed by atoms with Crippen LogP contribution in [0.25, 0.3) is 27.7 Å². The minimum atomic E-state index is -0.488. The Balaban J connectivity index is 1.45. The number of ether oxygens (including phenoxy) is 1. The van der Waals surface area contributed by atoms with Crippen LogP contribution in [0, 0.1) is 0 Å². The van der Waals surface area contributed by atoms with Crippen molar-refractivity contribution in [1.82, 2.24) is 29.7 Å². The van der Waals surface area contributed by atoms with Gasteiger partial charge in [-0.1, -0.05) is 0 Å². The highest BCUT2D eigenvalue weighted by Gasteiger charge is 2.31. The Bertz CT molecular complexity index is 1240. The van der Waals surface area contributed by atoms with E-state index in [0.717, 1.165) is 39.8 Å². The number of aromatic nitrogens is 5. The van der Waals surface area contributed by atoms with Crippen molar-refractivity contribution in [2.24, 2.45) is 0 Å². The number of aromatic amines is 1. The van der Waals surface area contributed by atoms with Gasteiger partial charge in [0.1, 0.15) is 11.2 Å². The number of rotatable bonds is 2. The highest BCUT2D eigenvalue weighted by Crippen LogP contribution is 2.34. The summed E-state index contributed by atoms with van der Waals surface area (Å²) in [5.41, 5.74) is 4.46. The van der Waals surface area contributed by atoms with E-state index in [0.29, 0.717) is 13.1 Å². The number of H-pyrrole nitrogens is 1.